The first kappa shape index (κ1) is 14.1. The number of hydrogen-bond acceptors (Lipinski definition) is 4. The quantitative estimate of drug-likeness (QED) is 0.760. The molecule has 3 N–H and O–H groups in total. The Hall–Kier alpha value is -1.36. The molecule has 1 heterocycles. The second-order valence-electron chi connectivity index (χ2n) is 4.68. The highest BCUT2D eigenvalue weighted by Crippen LogP contribution is 2.23. The Morgan fingerprint density at radius 2 is 2.00 bits per heavy atom. The van der Waals surface area contributed by atoms with Gasteiger partial charge in [-0.2, -0.15) is 0 Å². The van der Waals surface area contributed by atoms with Crippen molar-refractivity contribution in [2.24, 2.45) is 0 Å². The first-order chi connectivity index (χ1) is 9.16. The van der Waals surface area contributed by atoms with E-state index in [1.165, 1.54) is 0 Å². The van der Waals surface area contributed by atoms with Crippen LogP contribution in [-0.2, 0) is 6.54 Å². The summed E-state index contributed by atoms with van der Waals surface area (Å²) in [6.07, 6.45) is 0.237. The molecule has 1 aromatic heterocycles. The standard InChI is InChI=1S/C15H19NO2S/c1-11(9-14(18)15-7-4-8-19-15)16-10-12-5-2-3-6-13(12)17/h2-8,11,14,16-18H,9-10H2,1H3. The number of rotatable bonds is 6. The van der Waals surface area contributed by atoms with Crippen molar-refractivity contribution in [1.29, 1.82) is 0 Å². The van der Waals surface area contributed by atoms with E-state index in [9.17, 15) is 10.2 Å². The second kappa shape index (κ2) is 6.70. The number of aliphatic hydroxyl groups excluding tert-OH is 1. The van der Waals surface area contributed by atoms with E-state index in [0.717, 1.165) is 10.4 Å². The molecule has 0 saturated carbocycles. The molecule has 2 unspecified atom stereocenters. The molecule has 0 amide bonds. The van der Waals surface area contributed by atoms with Crippen LogP contribution in [0.1, 0.15) is 29.9 Å². The highest BCUT2D eigenvalue weighted by Gasteiger charge is 2.13. The van der Waals surface area contributed by atoms with Crippen LogP contribution in [0.15, 0.2) is 41.8 Å². The summed E-state index contributed by atoms with van der Waals surface area (Å²) in [7, 11) is 0. The van der Waals surface area contributed by atoms with Crippen molar-refractivity contribution >= 4 is 11.3 Å². The van der Waals surface area contributed by atoms with Gasteiger partial charge in [0.05, 0.1) is 6.10 Å². The molecule has 0 radical (unpaired) electrons. The van der Waals surface area contributed by atoms with Gasteiger partial charge in [0.15, 0.2) is 0 Å². The maximum atomic E-state index is 10.1. The predicted molar refractivity (Wildman–Crippen MR) is 78.3 cm³/mol. The SMILES string of the molecule is CC(CC(O)c1cccs1)NCc1ccccc1O. The molecule has 0 aliphatic carbocycles. The molecule has 2 aromatic rings. The largest absolute Gasteiger partial charge is 0.508 e. The summed E-state index contributed by atoms with van der Waals surface area (Å²) in [5.74, 6) is 0.306. The number of aliphatic hydroxyl groups is 1. The lowest BCUT2D eigenvalue weighted by Gasteiger charge is -2.17. The molecule has 4 heteroatoms. The molecule has 0 fully saturated rings. The molecule has 0 aliphatic rings. The summed E-state index contributed by atoms with van der Waals surface area (Å²) < 4.78 is 0. The summed E-state index contributed by atoms with van der Waals surface area (Å²) in [5.41, 5.74) is 0.875. The molecule has 2 rings (SSSR count). The van der Waals surface area contributed by atoms with E-state index in [1.807, 2.05) is 42.6 Å². The van der Waals surface area contributed by atoms with E-state index in [4.69, 9.17) is 0 Å². The van der Waals surface area contributed by atoms with Crippen LogP contribution in [0.5, 0.6) is 5.75 Å². The van der Waals surface area contributed by atoms with Gasteiger partial charge in [-0.05, 0) is 30.9 Å². The van der Waals surface area contributed by atoms with Gasteiger partial charge in [0.25, 0.3) is 0 Å². The molecular formula is C15H19NO2S. The molecule has 2 atom stereocenters. The Labute approximate surface area is 117 Å². The fraction of sp³-hybridized carbons (Fsp3) is 0.333. The van der Waals surface area contributed by atoms with Gasteiger partial charge in [0.2, 0.25) is 0 Å². The van der Waals surface area contributed by atoms with Crippen LogP contribution in [0.4, 0.5) is 0 Å². The van der Waals surface area contributed by atoms with Crippen LogP contribution in [0.2, 0.25) is 0 Å². The zero-order valence-corrected chi connectivity index (χ0v) is 11.7. The predicted octanol–water partition coefficient (Wildman–Crippen LogP) is 3.06. The number of hydrogen-bond donors (Lipinski definition) is 3. The van der Waals surface area contributed by atoms with Crippen LogP contribution in [0.3, 0.4) is 0 Å². The lowest BCUT2D eigenvalue weighted by Crippen LogP contribution is -2.27. The minimum Gasteiger partial charge on any atom is -0.508 e. The Kier molecular flexibility index (Phi) is 4.96. The van der Waals surface area contributed by atoms with E-state index >= 15 is 0 Å². The Morgan fingerprint density at radius 3 is 2.68 bits per heavy atom. The third kappa shape index (κ3) is 4.06. The van der Waals surface area contributed by atoms with Crippen molar-refractivity contribution in [2.75, 3.05) is 0 Å². The van der Waals surface area contributed by atoms with Gasteiger partial charge in [-0.25, -0.2) is 0 Å². The minimum atomic E-state index is -0.424. The zero-order chi connectivity index (χ0) is 13.7. The van der Waals surface area contributed by atoms with Gasteiger partial charge in [0, 0.05) is 23.0 Å². The van der Waals surface area contributed by atoms with Crippen molar-refractivity contribution in [3.63, 3.8) is 0 Å². The smallest absolute Gasteiger partial charge is 0.120 e. The lowest BCUT2D eigenvalue weighted by atomic mass is 10.1. The first-order valence-corrected chi connectivity index (χ1v) is 7.26. The summed E-state index contributed by atoms with van der Waals surface area (Å²) in [6.45, 7) is 2.64. The fourth-order valence-electron chi connectivity index (χ4n) is 1.96. The normalized spacial score (nSPS) is 14.2. The molecule has 0 saturated heterocycles. The topological polar surface area (TPSA) is 52.5 Å². The van der Waals surface area contributed by atoms with E-state index in [1.54, 1.807) is 17.4 Å². The van der Waals surface area contributed by atoms with Crippen LogP contribution < -0.4 is 5.32 Å². The van der Waals surface area contributed by atoms with Crippen LogP contribution >= 0.6 is 11.3 Å². The number of thiophene rings is 1. The second-order valence-corrected chi connectivity index (χ2v) is 5.66. The summed E-state index contributed by atoms with van der Waals surface area (Å²) >= 11 is 1.57. The van der Waals surface area contributed by atoms with Crippen LogP contribution in [0, 0.1) is 0 Å². The Morgan fingerprint density at radius 1 is 1.21 bits per heavy atom. The third-order valence-corrected chi connectivity index (χ3v) is 4.05. The number of aromatic hydroxyl groups is 1. The summed E-state index contributed by atoms with van der Waals surface area (Å²) in [4.78, 5) is 0.996. The van der Waals surface area contributed by atoms with Crippen molar-refractivity contribution in [3.05, 3.63) is 52.2 Å². The van der Waals surface area contributed by atoms with Gasteiger partial charge in [-0.3, -0.25) is 0 Å². The summed E-state index contributed by atoms with van der Waals surface area (Å²) in [5, 5.41) is 25.0. The molecule has 19 heavy (non-hydrogen) atoms. The van der Waals surface area contributed by atoms with Gasteiger partial charge in [-0.1, -0.05) is 24.3 Å². The first-order valence-electron chi connectivity index (χ1n) is 6.38. The molecule has 3 nitrogen and oxygen atoms in total. The maximum Gasteiger partial charge on any atom is 0.120 e. The minimum absolute atomic E-state index is 0.178. The van der Waals surface area contributed by atoms with Crippen molar-refractivity contribution in [2.45, 2.75) is 32.0 Å². The Bertz CT molecular complexity index is 499. The molecule has 0 aliphatic heterocycles. The van der Waals surface area contributed by atoms with Gasteiger partial charge >= 0.3 is 0 Å². The molecule has 0 spiro atoms. The maximum absolute atomic E-state index is 10.1. The number of nitrogens with one attached hydrogen (secondary N) is 1. The van der Waals surface area contributed by atoms with E-state index in [2.05, 4.69) is 5.32 Å². The van der Waals surface area contributed by atoms with E-state index < -0.39 is 6.10 Å². The van der Waals surface area contributed by atoms with Crippen LogP contribution in [-0.4, -0.2) is 16.3 Å². The van der Waals surface area contributed by atoms with Crippen molar-refractivity contribution in [3.8, 4) is 5.75 Å². The highest BCUT2D eigenvalue weighted by atomic mass is 32.1. The van der Waals surface area contributed by atoms with Crippen LogP contribution in [0.25, 0.3) is 0 Å². The number of para-hydroxylation sites is 1. The van der Waals surface area contributed by atoms with Crippen molar-refractivity contribution < 1.29 is 10.2 Å². The number of benzene rings is 1. The third-order valence-electron chi connectivity index (χ3n) is 3.08. The average Bonchev–Trinajstić information content (AvgIpc) is 2.91. The molecule has 1 aromatic carbocycles. The van der Waals surface area contributed by atoms with Crippen molar-refractivity contribution in [1.82, 2.24) is 5.32 Å². The Balaban J connectivity index is 1.82. The molecular weight excluding hydrogens is 258 g/mol. The number of phenolic OH excluding ortho intramolecular Hbond substituents is 1. The van der Waals surface area contributed by atoms with Gasteiger partial charge in [0.1, 0.15) is 5.75 Å². The highest BCUT2D eigenvalue weighted by molar-refractivity contribution is 7.10. The van der Waals surface area contributed by atoms with Gasteiger partial charge in [-0.15, -0.1) is 11.3 Å². The average molecular weight is 277 g/mol. The monoisotopic (exact) mass is 277 g/mol. The van der Waals surface area contributed by atoms with Gasteiger partial charge < -0.3 is 15.5 Å². The number of phenols is 1. The van der Waals surface area contributed by atoms with E-state index in [0.29, 0.717) is 18.7 Å². The van der Waals surface area contributed by atoms with E-state index in [-0.39, 0.29) is 6.04 Å². The lowest BCUT2D eigenvalue weighted by molar-refractivity contribution is 0.157. The molecule has 0 bridgehead atoms. The summed E-state index contributed by atoms with van der Waals surface area (Å²) in [6, 6.07) is 11.4. The molecule has 102 valence electrons. The zero-order valence-electron chi connectivity index (χ0n) is 10.9. The fourth-order valence-corrected chi connectivity index (χ4v) is 2.68.